The summed E-state index contributed by atoms with van der Waals surface area (Å²) in [5.74, 6) is 1.53. The standard InChI is InChI=1S/C32H39F2N5O2S/c1-22-18-24(6-7-30(22)39-10-8-37(9-11-39)12-15-40-2)35-32-36-29-5-3-4-25(31(29)41-32)23-19-27(33)26(28(34)20-23)21-38-13-16-42-17-14-38/h3-7,18-20,32,35-36H,8-17,21H2,1-2H3. The smallest absolute Gasteiger partial charge is 0.248 e. The van der Waals surface area contributed by atoms with Crippen LogP contribution in [0.2, 0.25) is 0 Å². The van der Waals surface area contributed by atoms with Gasteiger partial charge >= 0.3 is 0 Å². The fraction of sp³-hybridized carbons (Fsp3) is 0.438. The number of aryl methyl sites for hydroxylation is 1. The summed E-state index contributed by atoms with van der Waals surface area (Å²) in [5.41, 5.74) is 5.38. The molecule has 2 saturated heterocycles. The summed E-state index contributed by atoms with van der Waals surface area (Å²) in [7, 11) is 1.75. The molecule has 1 unspecified atom stereocenters. The molecule has 7 nitrogen and oxygen atoms in total. The Morgan fingerprint density at radius 2 is 1.74 bits per heavy atom. The average molecular weight is 596 g/mol. The largest absolute Gasteiger partial charge is 0.450 e. The summed E-state index contributed by atoms with van der Waals surface area (Å²) in [4.78, 5) is 6.98. The maximum absolute atomic E-state index is 15.2. The molecular weight excluding hydrogens is 556 g/mol. The molecule has 42 heavy (non-hydrogen) atoms. The van der Waals surface area contributed by atoms with Gasteiger partial charge in [-0.2, -0.15) is 11.8 Å². The van der Waals surface area contributed by atoms with E-state index >= 15 is 8.78 Å². The first-order chi connectivity index (χ1) is 20.5. The average Bonchev–Trinajstić information content (AvgIpc) is 3.41. The van der Waals surface area contributed by atoms with Gasteiger partial charge in [-0.05, 0) is 54.4 Å². The zero-order valence-corrected chi connectivity index (χ0v) is 25.1. The third-order valence-electron chi connectivity index (χ3n) is 8.29. The van der Waals surface area contributed by atoms with Crippen molar-refractivity contribution in [1.29, 1.82) is 0 Å². The van der Waals surface area contributed by atoms with Crippen LogP contribution >= 0.6 is 11.8 Å². The molecule has 0 radical (unpaired) electrons. The van der Waals surface area contributed by atoms with Crippen LogP contribution in [0.5, 0.6) is 5.75 Å². The number of nitrogens with zero attached hydrogens (tertiary/aromatic N) is 3. The van der Waals surface area contributed by atoms with Crippen molar-refractivity contribution in [3.8, 4) is 16.9 Å². The third-order valence-corrected chi connectivity index (χ3v) is 9.24. The Hall–Kier alpha value is -3.05. The molecule has 3 aliphatic rings. The fourth-order valence-electron chi connectivity index (χ4n) is 5.94. The van der Waals surface area contributed by atoms with E-state index in [4.69, 9.17) is 9.47 Å². The van der Waals surface area contributed by atoms with Gasteiger partial charge in [0.2, 0.25) is 6.35 Å². The van der Waals surface area contributed by atoms with Crippen LogP contribution in [0.1, 0.15) is 11.1 Å². The number of hydrogen-bond acceptors (Lipinski definition) is 8. The summed E-state index contributed by atoms with van der Waals surface area (Å²) in [6.45, 7) is 9.88. The highest BCUT2D eigenvalue weighted by atomic mass is 32.2. The maximum atomic E-state index is 15.2. The number of rotatable bonds is 9. The van der Waals surface area contributed by atoms with E-state index in [2.05, 4.69) is 50.5 Å². The Kier molecular flexibility index (Phi) is 9.04. The quantitative estimate of drug-likeness (QED) is 0.339. The number of nitrogens with one attached hydrogen (secondary N) is 2. The molecule has 6 rings (SSSR count). The van der Waals surface area contributed by atoms with Gasteiger partial charge in [0.05, 0.1) is 12.3 Å². The van der Waals surface area contributed by atoms with E-state index in [1.165, 1.54) is 23.4 Å². The van der Waals surface area contributed by atoms with Gasteiger partial charge in [0, 0.05) is 93.5 Å². The molecular formula is C32H39F2N5O2S. The predicted octanol–water partition coefficient (Wildman–Crippen LogP) is 5.46. The van der Waals surface area contributed by atoms with Crippen LogP contribution in [0, 0.1) is 18.6 Å². The van der Waals surface area contributed by atoms with Crippen LogP contribution in [0.3, 0.4) is 0 Å². The van der Waals surface area contributed by atoms with Gasteiger partial charge < -0.3 is 25.0 Å². The Morgan fingerprint density at radius 1 is 0.976 bits per heavy atom. The Balaban J connectivity index is 1.12. The summed E-state index contributed by atoms with van der Waals surface area (Å²) in [5, 5.41) is 6.77. The van der Waals surface area contributed by atoms with Crippen molar-refractivity contribution in [3.05, 3.63) is 71.3 Å². The van der Waals surface area contributed by atoms with Crippen molar-refractivity contribution >= 4 is 28.8 Å². The monoisotopic (exact) mass is 595 g/mol. The van der Waals surface area contributed by atoms with E-state index in [0.29, 0.717) is 16.9 Å². The van der Waals surface area contributed by atoms with Gasteiger partial charge in [-0.15, -0.1) is 0 Å². The lowest BCUT2D eigenvalue weighted by molar-refractivity contribution is 0.144. The molecule has 0 bridgehead atoms. The van der Waals surface area contributed by atoms with Crippen LogP contribution < -0.4 is 20.3 Å². The second-order valence-corrected chi connectivity index (χ2v) is 12.3. The Morgan fingerprint density at radius 3 is 2.45 bits per heavy atom. The van der Waals surface area contributed by atoms with Crippen LogP contribution in [-0.4, -0.2) is 87.2 Å². The van der Waals surface area contributed by atoms with Crippen LogP contribution in [-0.2, 0) is 11.3 Å². The van der Waals surface area contributed by atoms with Crippen molar-refractivity contribution in [2.75, 3.05) is 86.6 Å². The lowest BCUT2D eigenvalue weighted by Crippen LogP contribution is -2.47. The van der Waals surface area contributed by atoms with E-state index in [0.717, 1.165) is 75.3 Å². The molecule has 1 atom stereocenters. The van der Waals surface area contributed by atoms with E-state index in [1.807, 2.05) is 30.0 Å². The van der Waals surface area contributed by atoms with E-state index in [1.54, 1.807) is 7.11 Å². The minimum absolute atomic E-state index is 0.128. The molecule has 0 spiro atoms. The molecule has 224 valence electrons. The number of thioether (sulfide) groups is 1. The van der Waals surface area contributed by atoms with Crippen molar-refractivity contribution in [3.63, 3.8) is 0 Å². The fourth-order valence-corrected chi connectivity index (χ4v) is 6.91. The maximum Gasteiger partial charge on any atom is 0.248 e. The molecule has 0 aromatic heterocycles. The van der Waals surface area contributed by atoms with Crippen molar-refractivity contribution in [2.45, 2.75) is 19.8 Å². The summed E-state index contributed by atoms with van der Waals surface area (Å²) in [6.07, 6.45) is -0.512. The van der Waals surface area contributed by atoms with Crippen molar-refractivity contribution < 1.29 is 18.3 Å². The number of hydrogen-bond donors (Lipinski definition) is 2. The zero-order chi connectivity index (χ0) is 29.1. The number of fused-ring (bicyclic) bond motifs is 1. The highest BCUT2D eigenvalue weighted by Gasteiger charge is 2.27. The molecule has 0 saturated carbocycles. The highest BCUT2D eigenvalue weighted by molar-refractivity contribution is 7.99. The van der Waals surface area contributed by atoms with Gasteiger partial charge in [0.1, 0.15) is 11.6 Å². The first-order valence-corrected chi connectivity index (χ1v) is 15.8. The summed E-state index contributed by atoms with van der Waals surface area (Å²) in [6, 6.07) is 14.8. The number of methoxy groups -OCH3 is 1. The molecule has 3 aromatic rings. The molecule has 0 amide bonds. The van der Waals surface area contributed by atoms with Crippen LogP contribution in [0.4, 0.5) is 25.8 Å². The summed E-state index contributed by atoms with van der Waals surface area (Å²) >= 11 is 1.88. The van der Waals surface area contributed by atoms with Crippen molar-refractivity contribution in [2.24, 2.45) is 0 Å². The number of anilines is 3. The highest BCUT2D eigenvalue weighted by Crippen LogP contribution is 2.42. The number of para-hydroxylation sites is 1. The topological polar surface area (TPSA) is 52.2 Å². The number of piperazine rings is 1. The molecule has 10 heteroatoms. The SMILES string of the molecule is COCCN1CCN(c2ccc(NC3Nc4cccc(-c5cc(F)c(CN6CCSCC6)c(F)c5)c4O3)cc2C)CC1. The molecule has 3 heterocycles. The first-order valence-electron chi connectivity index (χ1n) is 14.7. The van der Waals surface area contributed by atoms with Gasteiger partial charge in [-0.25, -0.2) is 8.78 Å². The van der Waals surface area contributed by atoms with Gasteiger partial charge in [0.15, 0.2) is 5.75 Å². The van der Waals surface area contributed by atoms with Crippen molar-refractivity contribution in [1.82, 2.24) is 9.80 Å². The Bertz CT molecular complexity index is 1370. The predicted molar refractivity (Wildman–Crippen MR) is 168 cm³/mol. The normalized spacial score (nSPS) is 19.3. The first kappa shape index (κ1) is 29.0. The third kappa shape index (κ3) is 6.46. The summed E-state index contributed by atoms with van der Waals surface area (Å²) < 4.78 is 41.9. The molecule has 2 N–H and O–H groups in total. The van der Waals surface area contributed by atoms with E-state index < -0.39 is 18.0 Å². The van der Waals surface area contributed by atoms with Gasteiger partial charge in [-0.3, -0.25) is 9.80 Å². The molecule has 3 aromatic carbocycles. The second kappa shape index (κ2) is 13.1. The molecule has 2 fully saturated rings. The minimum Gasteiger partial charge on any atom is -0.450 e. The zero-order valence-electron chi connectivity index (χ0n) is 24.3. The van der Waals surface area contributed by atoms with Crippen LogP contribution in [0.25, 0.3) is 11.1 Å². The lowest BCUT2D eigenvalue weighted by Gasteiger charge is -2.36. The van der Waals surface area contributed by atoms with Gasteiger partial charge in [0.25, 0.3) is 0 Å². The van der Waals surface area contributed by atoms with Crippen LogP contribution in [0.15, 0.2) is 48.5 Å². The lowest BCUT2D eigenvalue weighted by atomic mass is 10.0. The van der Waals surface area contributed by atoms with Gasteiger partial charge in [-0.1, -0.05) is 12.1 Å². The molecule has 3 aliphatic heterocycles. The number of benzene rings is 3. The minimum atomic E-state index is -0.520. The van der Waals surface area contributed by atoms with E-state index in [-0.39, 0.29) is 12.1 Å². The molecule has 0 aliphatic carbocycles. The number of ether oxygens (including phenoxy) is 2. The van der Waals surface area contributed by atoms with E-state index in [9.17, 15) is 0 Å². The Labute approximate surface area is 251 Å². The second-order valence-electron chi connectivity index (χ2n) is 11.1. The number of halogens is 2.